The van der Waals surface area contributed by atoms with E-state index in [0.29, 0.717) is 19.1 Å². The average Bonchev–Trinajstić information content (AvgIpc) is 2.47. The zero-order chi connectivity index (χ0) is 12.3. The summed E-state index contributed by atoms with van der Waals surface area (Å²) in [6.07, 6.45) is 0.732. The fourth-order valence-electron chi connectivity index (χ4n) is 1.88. The van der Waals surface area contributed by atoms with Gasteiger partial charge in [-0.1, -0.05) is 25.1 Å². The summed E-state index contributed by atoms with van der Waals surface area (Å²) in [4.78, 5) is 13.5. The first-order chi connectivity index (χ1) is 8.16. The van der Waals surface area contributed by atoms with Crippen molar-refractivity contribution in [3.05, 3.63) is 29.8 Å². The molecule has 92 valence electrons. The molecule has 1 atom stereocenters. The predicted octanol–water partition coefficient (Wildman–Crippen LogP) is 2.25. The molecule has 0 radical (unpaired) electrons. The molecule has 1 unspecified atom stereocenters. The molecule has 1 heterocycles. The van der Waals surface area contributed by atoms with Crippen molar-refractivity contribution in [1.29, 1.82) is 0 Å². The minimum absolute atomic E-state index is 0.238. The summed E-state index contributed by atoms with van der Waals surface area (Å²) in [5.74, 6) is 0.428. The maximum atomic E-state index is 11.7. The Labute approximate surface area is 101 Å². The number of ether oxygens (including phenoxy) is 1. The van der Waals surface area contributed by atoms with Crippen LogP contribution in [-0.4, -0.2) is 24.1 Å². The Bertz CT molecular complexity index is 406. The standard InChI is InChI=1S/C13H18N2O2/c1-10-6-7-15(13(16)17-9-10)8-11-4-2-3-5-12(11)14/h2-5,10H,6-9,14H2,1H3. The molecule has 2 rings (SSSR count). The van der Waals surface area contributed by atoms with E-state index in [1.807, 2.05) is 24.3 Å². The molecule has 0 saturated carbocycles. The smallest absolute Gasteiger partial charge is 0.410 e. The van der Waals surface area contributed by atoms with Crippen LogP contribution >= 0.6 is 0 Å². The van der Waals surface area contributed by atoms with E-state index in [1.165, 1.54) is 0 Å². The number of para-hydroxylation sites is 1. The number of carbonyl (C=O) groups excluding carboxylic acids is 1. The second-order valence-electron chi connectivity index (χ2n) is 4.59. The fourth-order valence-corrected chi connectivity index (χ4v) is 1.88. The molecule has 1 amide bonds. The number of hydrogen-bond acceptors (Lipinski definition) is 3. The third-order valence-electron chi connectivity index (χ3n) is 3.06. The van der Waals surface area contributed by atoms with Gasteiger partial charge in [-0.15, -0.1) is 0 Å². The first-order valence-corrected chi connectivity index (χ1v) is 5.92. The number of rotatable bonds is 2. The molecule has 1 aromatic carbocycles. The van der Waals surface area contributed by atoms with Gasteiger partial charge in [-0.2, -0.15) is 0 Å². The van der Waals surface area contributed by atoms with Gasteiger partial charge in [0.1, 0.15) is 0 Å². The number of carbonyl (C=O) groups is 1. The van der Waals surface area contributed by atoms with Gasteiger partial charge in [0.15, 0.2) is 0 Å². The van der Waals surface area contributed by atoms with E-state index in [1.54, 1.807) is 4.90 Å². The van der Waals surface area contributed by atoms with Crippen molar-refractivity contribution in [2.24, 2.45) is 5.92 Å². The van der Waals surface area contributed by atoms with Crippen molar-refractivity contribution >= 4 is 11.8 Å². The van der Waals surface area contributed by atoms with Crippen molar-refractivity contribution in [2.45, 2.75) is 19.9 Å². The third-order valence-corrected chi connectivity index (χ3v) is 3.06. The topological polar surface area (TPSA) is 55.6 Å². The molecular weight excluding hydrogens is 216 g/mol. The van der Waals surface area contributed by atoms with E-state index >= 15 is 0 Å². The Hall–Kier alpha value is -1.71. The van der Waals surface area contributed by atoms with Crippen LogP contribution in [0.5, 0.6) is 0 Å². The normalized spacial score (nSPS) is 20.9. The maximum Gasteiger partial charge on any atom is 0.410 e. The molecule has 0 spiro atoms. The third kappa shape index (κ3) is 2.90. The zero-order valence-electron chi connectivity index (χ0n) is 10.1. The summed E-state index contributed by atoms with van der Waals surface area (Å²) in [6, 6.07) is 7.61. The summed E-state index contributed by atoms with van der Waals surface area (Å²) in [7, 11) is 0. The lowest BCUT2D eigenvalue weighted by Gasteiger charge is -2.19. The highest BCUT2D eigenvalue weighted by atomic mass is 16.6. The molecule has 2 N–H and O–H groups in total. The molecule has 1 fully saturated rings. The molecule has 17 heavy (non-hydrogen) atoms. The van der Waals surface area contributed by atoms with E-state index in [0.717, 1.165) is 24.2 Å². The van der Waals surface area contributed by atoms with Gasteiger partial charge in [-0.3, -0.25) is 0 Å². The summed E-state index contributed by atoms with van der Waals surface area (Å²) in [5.41, 5.74) is 7.56. The molecule has 0 aromatic heterocycles. The van der Waals surface area contributed by atoms with Crippen LogP contribution in [0.1, 0.15) is 18.9 Å². The molecule has 4 heteroatoms. The lowest BCUT2D eigenvalue weighted by molar-refractivity contribution is 0.108. The molecular formula is C13H18N2O2. The van der Waals surface area contributed by atoms with Crippen LogP contribution < -0.4 is 5.73 Å². The van der Waals surface area contributed by atoms with Crippen molar-refractivity contribution < 1.29 is 9.53 Å². The van der Waals surface area contributed by atoms with Crippen molar-refractivity contribution in [3.63, 3.8) is 0 Å². The number of amides is 1. The molecule has 4 nitrogen and oxygen atoms in total. The highest BCUT2D eigenvalue weighted by Crippen LogP contribution is 2.17. The van der Waals surface area contributed by atoms with Crippen LogP contribution in [0.3, 0.4) is 0 Å². The molecule has 1 aromatic rings. The van der Waals surface area contributed by atoms with Crippen molar-refractivity contribution in [3.8, 4) is 0 Å². The van der Waals surface area contributed by atoms with Gasteiger partial charge < -0.3 is 15.4 Å². The van der Waals surface area contributed by atoms with E-state index in [2.05, 4.69) is 6.92 Å². The molecule has 1 aliphatic rings. The Balaban J connectivity index is 2.07. The first kappa shape index (κ1) is 11.8. The Morgan fingerprint density at radius 3 is 3.00 bits per heavy atom. The van der Waals surface area contributed by atoms with Gasteiger partial charge >= 0.3 is 6.09 Å². The van der Waals surface area contributed by atoms with Gasteiger partial charge in [0.05, 0.1) is 13.2 Å². The summed E-state index contributed by atoms with van der Waals surface area (Å²) < 4.78 is 5.19. The molecule has 1 saturated heterocycles. The van der Waals surface area contributed by atoms with E-state index in [4.69, 9.17) is 10.5 Å². The summed E-state index contributed by atoms with van der Waals surface area (Å²) in [6.45, 7) is 3.86. The monoisotopic (exact) mass is 234 g/mol. The maximum absolute atomic E-state index is 11.7. The van der Waals surface area contributed by atoms with Gasteiger partial charge in [-0.05, 0) is 24.0 Å². The number of hydrogen-bond donors (Lipinski definition) is 1. The Morgan fingerprint density at radius 2 is 2.24 bits per heavy atom. The van der Waals surface area contributed by atoms with Crippen LogP contribution in [0.15, 0.2) is 24.3 Å². The van der Waals surface area contributed by atoms with Crippen LogP contribution in [0, 0.1) is 5.92 Å². The second-order valence-corrected chi connectivity index (χ2v) is 4.59. The van der Waals surface area contributed by atoms with E-state index < -0.39 is 0 Å². The summed E-state index contributed by atoms with van der Waals surface area (Å²) >= 11 is 0. The number of benzene rings is 1. The Morgan fingerprint density at radius 1 is 1.47 bits per heavy atom. The highest BCUT2D eigenvalue weighted by Gasteiger charge is 2.21. The average molecular weight is 234 g/mol. The van der Waals surface area contributed by atoms with E-state index in [-0.39, 0.29) is 6.09 Å². The van der Waals surface area contributed by atoms with E-state index in [9.17, 15) is 4.79 Å². The van der Waals surface area contributed by atoms with Crippen LogP contribution in [0.2, 0.25) is 0 Å². The van der Waals surface area contributed by atoms with Crippen LogP contribution in [0.4, 0.5) is 10.5 Å². The van der Waals surface area contributed by atoms with Gasteiger partial charge in [0, 0.05) is 12.2 Å². The number of anilines is 1. The quantitative estimate of drug-likeness (QED) is 0.798. The summed E-state index contributed by atoms with van der Waals surface area (Å²) in [5, 5.41) is 0. The molecule has 0 aliphatic carbocycles. The lowest BCUT2D eigenvalue weighted by Crippen LogP contribution is -2.30. The minimum Gasteiger partial charge on any atom is -0.449 e. The number of nitrogen functional groups attached to an aromatic ring is 1. The number of nitrogens with two attached hydrogens (primary N) is 1. The largest absolute Gasteiger partial charge is 0.449 e. The van der Waals surface area contributed by atoms with Gasteiger partial charge in [0.25, 0.3) is 0 Å². The number of nitrogens with zero attached hydrogens (tertiary/aromatic N) is 1. The zero-order valence-corrected chi connectivity index (χ0v) is 10.1. The van der Waals surface area contributed by atoms with Crippen molar-refractivity contribution in [1.82, 2.24) is 4.90 Å². The minimum atomic E-state index is -0.238. The van der Waals surface area contributed by atoms with Gasteiger partial charge in [0.2, 0.25) is 0 Å². The molecule has 0 bridgehead atoms. The SMILES string of the molecule is CC1CCN(Cc2ccccc2N)C(=O)OC1. The van der Waals surface area contributed by atoms with Crippen LogP contribution in [-0.2, 0) is 11.3 Å². The van der Waals surface area contributed by atoms with Gasteiger partial charge in [-0.25, -0.2) is 4.79 Å². The van der Waals surface area contributed by atoms with Crippen LogP contribution in [0.25, 0.3) is 0 Å². The molecule has 1 aliphatic heterocycles. The Kier molecular flexibility index (Phi) is 3.52. The first-order valence-electron chi connectivity index (χ1n) is 5.92. The predicted molar refractivity (Wildman–Crippen MR) is 66.4 cm³/mol. The fraction of sp³-hybridized carbons (Fsp3) is 0.462. The lowest BCUT2D eigenvalue weighted by atomic mass is 10.1. The highest BCUT2D eigenvalue weighted by molar-refractivity contribution is 5.68. The second kappa shape index (κ2) is 5.08. The van der Waals surface area contributed by atoms with Crippen molar-refractivity contribution in [2.75, 3.05) is 18.9 Å². The number of cyclic esters (lactones) is 1.